The summed E-state index contributed by atoms with van der Waals surface area (Å²) in [6.45, 7) is 0. The lowest BCUT2D eigenvalue weighted by Gasteiger charge is -2.15. The zero-order valence-corrected chi connectivity index (χ0v) is 10.1. The summed E-state index contributed by atoms with van der Waals surface area (Å²) in [6.07, 6.45) is 5.36. The normalized spacial score (nSPS) is 15.2. The number of benzene rings is 1. The maximum atomic E-state index is 13.9. The molecule has 0 heterocycles. The van der Waals surface area contributed by atoms with Gasteiger partial charge in [0.05, 0.1) is 12.7 Å². The molecule has 0 bridgehead atoms. The quantitative estimate of drug-likeness (QED) is 0.750. The first-order chi connectivity index (χ1) is 8.63. The molecule has 1 aromatic rings. The Labute approximate surface area is 104 Å². The van der Waals surface area contributed by atoms with Gasteiger partial charge in [0.15, 0.2) is 0 Å². The maximum Gasteiger partial charge on any atom is 0.338 e. The molecule has 1 aromatic carbocycles. The van der Waals surface area contributed by atoms with Gasteiger partial charge in [0, 0.05) is 5.56 Å². The van der Waals surface area contributed by atoms with E-state index in [0.29, 0.717) is 12.0 Å². The average molecular weight is 252 g/mol. The molecule has 4 heteroatoms. The molecule has 0 aromatic heterocycles. The van der Waals surface area contributed by atoms with Gasteiger partial charge in [0.1, 0.15) is 11.6 Å². The van der Waals surface area contributed by atoms with Crippen molar-refractivity contribution in [1.82, 2.24) is 0 Å². The minimum atomic E-state index is -0.739. The standard InChI is InChI=1S/C14H14F2O2/c1-18-14(17)10-7-11(15)13(12(16)8-10)9-5-3-2-4-6-9/h5,7-8H,2-4,6H2,1H3. The molecule has 0 radical (unpaired) electrons. The lowest BCUT2D eigenvalue weighted by molar-refractivity contribution is 0.0599. The van der Waals surface area contributed by atoms with E-state index in [1.54, 1.807) is 0 Å². The molecule has 0 amide bonds. The van der Waals surface area contributed by atoms with Crippen LogP contribution in [0, 0.1) is 11.6 Å². The molecule has 0 atom stereocenters. The van der Waals surface area contributed by atoms with Crippen LogP contribution in [-0.2, 0) is 4.74 Å². The lowest BCUT2D eigenvalue weighted by Crippen LogP contribution is -2.06. The summed E-state index contributed by atoms with van der Waals surface area (Å²) in [5, 5.41) is 0. The van der Waals surface area contributed by atoms with Crippen molar-refractivity contribution in [1.29, 1.82) is 0 Å². The van der Waals surface area contributed by atoms with Crippen LogP contribution in [0.25, 0.3) is 5.57 Å². The minimum Gasteiger partial charge on any atom is -0.465 e. The van der Waals surface area contributed by atoms with Crippen LogP contribution in [0.5, 0.6) is 0 Å². The predicted molar refractivity (Wildman–Crippen MR) is 64.1 cm³/mol. The van der Waals surface area contributed by atoms with E-state index in [-0.39, 0.29) is 11.1 Å². The highest BCUT2D eigenvalue weighted by Crippen LogP contribution is 2.31. The van der Waals surface area contributed by atoms with Crippen molar-refractivity contribution < 1.29 is 18.3 Å². The second kappa shape index (κ2) is 5.29. The number of rotatable bonds is 2. The fourth-order valence-electron chi connectivity index (χ4n) is 2.18. The Balaban J connectivity index is 2.44. The number of carbonyl (C=O) groups excluding carboxylic acids is 1. The first-order valence-electron chi connectivity index (χ1n) is 5.90. The Bertz CT molecular complexity index is 484. The summed E-state index contributed by atoms with van der Waals surface area (Å²) in [7, 11) is 1.18. The molecule has 0 N–H and O–H groups in total. The molecule has 0 saturated carbocycles. The van der Waals surface area contributed by atoms with Crippen LogP contribution in [-0.4, -0.2) is 13.1 Å². The zero-order valence-electron chi connectivity index (χ0n) is 10.1. The van der Waals surface area contributed by atoms with Gasteiger partial charge >= 0.3 is 5.97 Å². The van der Waals surface area contributed by atoms with Crippen molar-refractivity contribution in [3.63, 3.8) is 0 Å². The van der Waals surface area contributed by atoms with E-state index in [9.17, 15) is 13.6 Å². The number of carbonyl (C=O) groups is 1. The fraction of sp³-hybridized carbons (Fsp3) is 0.357. The first-order valence-corrected chi connectivity index (χ1v) is 5.90. The molecule has 18 heavy (non-hydrogen) atoms. The van der Waals surface area contributed by atoms with Crippen molar-refractivity contribution in [2.24, 2.45) is 0 Å². The second-order valence-electron chi connectivity index (χ2n) is 4.28. The topological polar surface area (TPSA) is 26.3 Å². The van der Waals surface area contributed by atoms with Crippen molar-refractivity contribution in [3.05, 3.63) is 41.0 Å². The highest BCUT2D eigenvalue weighted by Gasteiger charge is 2.19. The van der Waals surface area contributed by atoms with Gasteiger partial charge in [-0.05, 0) is 43.4 Å². The van der Waals surface area contributed by atoms with E-state index in [4.69, 9.17) is 0 Å². The molecule has 1 aliphatic rings. The molecule has 2 nitrogen and oxygen atoms in total. The number of ether oxygens (including phenoxy) is 1. The van der Waals surface area contributed by atoms with Crippen LogP contribution in [0.2, 0.25) is 0 Å². The van der Waals surface area contributed by atoms with Crippen LogP contribution in [0.15, 0.2) is 18.2 Å². The predicted octanol–water partition coefficient (Wildman–Crippen LogP) is 3.71. The number of esters is 1. The van der Waals surface area contributed by atoms with Gasteiger partial charge in [-0.15, -0.1) is 0 Å². The Kier molecular flexibility index (Phi) is 3.75. The Morgan fingerprint density at radius 3 is 2.39 bits per heavy atom. The molecule has 96 valence electrons. The first kappa shape index (κ1) is 12.7. The molecular formula is C14H14F2O2. The third kappa shape index (κ3) is 2.42. The van der Waals surface area contributed by atoms with Crippen molar-refractivity contribution in [2.45, 2.75) is 25.7 Å². The maximum absolute atomic E-state index is 13.9. The van der Waals surface area contributed by atoms with E-state index in [2.05, 4.69) is 4.74 Å². The van der Waals surface area contributed by atoms with Gasteiger partial charge in [-0.2, -0.15) is 0 Å². The minimum absolute atomic E-state index is 0.0117. The number of hydrogen-bond acceptors (Lipinski definition) is 2. The van der Waals surface area contributed by atoms with E-state index in [0.717, 1.165) is 31.4 Å². The van der Waals surface area contributed by atoms with Crippen molar-refractivity contribution >= 4 is 11.5 Å². The molecule has 0 fully saturated rings. The number of halogens is 2. The second-order valence-corrected chi connectivity index (χ2v) is 4.28. The van der Waals surface area contributed by atoms with Crippen LogP contribution in [0.1, 0.15) is 41.6 Å². The largest absolute Gasteiger partial charge is 0.465 e. The van der Waals surface area contributed by atoms with Gasteiger partial charge in [-0.1, -0.05) is 6.08 Å². The van der Waals surface area contributed by atoms with Crippen LogP contribution in [0.4, 0.5) is 8.78 Å². The fourth-order valence-corrected chi connectivity index (χ4v) is 2.18. The lowest BCUT2D eigenvalue weighted by atomic mass is 9.92. The Morgan fingerprint density at radius 1 is 1.22 bits per heavy atom. The smallest absolute Gasteiger partial charge is 0.338 e. The summed E-state index contributed by atoms with van der Waals surface area (Å²) in [5.74, 6) is -2.15. The van der Waals surface area contributed by atoms with E-state index < -0.39 is 17.6 Å². The summed E-state index contributed by atoms with van der Waals surface area (Å²) in [4.78, 5) is 11.2. The SMILES string of the molecule is COC(=O)c1cc(F)c(C2=CCCCC2)c(F)c1. The molecule has 2 rings (SSSR count). The van der Waals surface area contributed by atoms with E-state index in [1.165, 1.54) is 7.11 Å². The van der Waals surface area contributed by atoms with E-state index >= 15 is 0 Å². The van der Waals surface area contributed by atoms with Gasteiger partial charge in [0.2, 0.25) is 0 Å². The summed E-state index contributed by atoms with van der Waals surface area (Å²) < 4.78 is 32.3. The van der Waals surface area contributed by atoms with Crippen molar-refractivity contribution in [2.75, 3.05) is 7.11 Å². The van der Waals surface area contributed by atoms with Gasteiger partial charge in [-0.3, -0.25) is 0 Å². The number of hydrogen-bond donors (Lipinski definition) is 0. The van der Waals surface area contributed by atoms with Crippen molar-refractivity contribution in [3.8, 4) is 0 Å². The molecule has 0 aliphatic heterocycles. The number of allylic oxidation sites excluding steroid dienone is 2. The average Bonchev–Trinajstić information content (AvgIpc) is 2.38. The molecule has 0 spiro atoms. The van der Waals surface area contributed by atoms with Gasteiger partial charge in [0.25, 0.3) is 0 Å². The highest BCUT2D eigenvalue weighted by atomic mass is 19.1. The summed E-state index contributed by atoms with van der Waals surface area (Å²) >= 11 is 0. The zero-order chi connectivity index (χ0) is 13.1. The molecular weight excluding hydrogens is 238 g/mol. The van der Waals surface area contributed by atoms with E-state index in [1.807, 2.05) is 6.08 Å². The Hall–Kier alpha value is -1.71. The summed E-state index contributed by atoms with van der Waals surface area (Å²) in [6, 6.07) is 2.05. The monoisotopic (exact) mass is 252 g/mol. The van der Waals surface area contributed by atoms with Gasteiger partial charge in [-0.25, -0.2) is 13.6 Å². The highest BCUT2D eigenvalue weighted by molar-refractivity contribution is 5.90. The van der Waals surface area contributed by atoms with Crippen LogP contribution >= 0.6 is 0 Å². The third-order valence-corrected chi connectivity index (χ3v) is 3.08. The molecule has 0 unspecified atom stereocenters. The number of methoxy groups -OCH3 is 1. The van der Waals surface area contributed by atoms with Crippen LogP contribution in [0.3, 0.4) is 0 Å². The molecule has 0 saturated heterocycles. The molecule has 1 aliphatic carbocycles. The summed E-state index contributed by atoms with van der Waals surface area (Å²) in [5.41, 5.74) is 0.572. The van der Waals surface area contributed by atoms with Crippen LogP contribution < -0.4 is 0 Å². The third-order valence-electron chi connectivity index (χ3n) is 3.08. The van der Waals surface area contributed by atoms with Gasteiger partial charge < -0.3 is 4.74 Å². The Morgan fingerprint density at radius 2 is 1.89 bits per heavy atom.